The third kappa shape index (κ3) is 5.13. The Morgan fingerprint density at radius 3 is 2.65 bits per heavy atom. The van der Waals surface area contributed by atoms with Crippen LogP contribution in [0.25, 0.3) is 0 Å². The highest BCUT2D eigenvalue weighted by Crippen LogP contribution is 2.32. The van der Waals surface area contributed by atoms with Crippen LogP contribution in [0.5, 0.6) is 11.5 Å². The Hall–Kier alpha value is -4.01. The van der Waals surface area contributed by atoms with E-state index in [1.807, 2.05) is 6.07 Å². The summed E-state index contributed by atoms with van der Waals surface area (Å²) in [6.07, 6.45) is 3.30. The largest absolute Gasteiger partial charge is 0.486 e. The number of hydrogen-bond donors (Lipinski definition) is 2. The second kappa shape index (κ2) is 9.21. The number of benzene rings is 2. The normalized spacial score (nSPS) is 12.9. The molecular weight excluding hydrogens is 406 g/mol. The fourth-order valence-corrected chi connectivity index (χ4v) is 2.85. The van der Waals surface area contributed by atoms with Crippen molar-refractivity contribution >= 4 is 17.6 Å². The van der Waals surface area contributed by atoms with Gasteiger partial charge in [-0.2, -0.15) is 0 Å². The predicted molar refractivity (Wildman–Crippen MR) is 110 cm³/mol. The molecular formula is C22H18F2N4O3. The second-order valence-electron chi connectivity index (χ2n) is 6.59. The van der Waals surface area contributed by atoms with Crippen LogP contribution in [0.3, 0.4) is 0 Å². The fourth-order valence-electron chi connectivity index (χ4n) is 2.85. The Balaban J connectivity index is 1.56. The van der Waals surface area contributed by atoms with Crippen LogP contribution in [0.2, 0.25) is 0 Å². The Bertz CT molecular complexity index is 1120. The van der Waals surface area contributed by atoms with Gasteiger partial charge in [0.2, 0.25) is 5.96 Å². The predicted octanol–water partition coefficient (Wildman–Crippen LogP) is 3.53. The van der Waals surface area contributed by atoms with E-state index in [-0.39, 0.29) is 18.1 Å². The van der Waals surface area contributed by atoms with Crippen molar-refractivity contribution in [1.29, 1.82) is 0 Å². The lowest BCUT2D eigenvalue weighted by atomic mass is 10.2. The number of aromatic nitrogens is 1. The van der Waals surface area contributed by atoms with E-state index in [9.17, 15) is 13.6 Å². The molecule has 0 atom stereocenters. The van der Waals surface area contributed by atoms with Gasteiger partial charge in [-0.05, 0) is 42.0 Å². The van der Waals surface area contributed by atoms with E-state index in [2.05, 4.69) is 20.6 Å². The van der Waals surface area contributed by atoms with Crippen LogP contribution >= 0.6 is 0 Å². The molecule has 2 N–H and O–H groups in total. The third-order valence-corrected chi connectivity index (χ3v) is 4.36. The summed E-state index contributed by atoms with van der Waals surface area (Å²) < 4.78 is 37.8. The number of rotatable bonds is 4. The summed E-state index contributed by atoms with van der Waals surface area (Å²) in [7, 11) is 0. The maximum Gasteiger partial charge on any atom is 0.258 e. The highest BCUT2D eigenvalue weighted by molar-refractivity contribution is 6.10. The number of carbonyl (C=O) groups is 1. The molecule has 0 radical (unpaired) electrons. The first-order valence-corrected chi connectivity index (χ1v) is 9.45. The number of hydrogen-bond acceptors (Lipinski definition) is 5. The number of nitrogens with one attached hydrogen (secondary N) is 2. The zero-order valence-corrected chi connectivity index (χ0v) is 16.3. The average Bonchev–Trinajstić information content (AvgIpc) is 2.80. The van der Waals surface area contributed by atoms with Crippen LogP contribution in [0.15, 0.2) is 65.9 Å². The lowest BCUT2D eigenvalue weighted by molar-refractivity contribution is 0.0976. The summed E-state index contributed by atoms with van der Waals surface area (Å²) in [5.41, 5.74) is 1.38. The summed E-state index contributed by atoms with van der Waals surface area (Å²) in [5.74, 6) is -1.48. The van der Waals surface area contributed by atoms with Crippen molar-refractivity contribution in [3.63, 3.8) is 0 Å². The zero-order valence-electron chi connectivity index (χ0n) is 16.3. The minimum absolute atomic E-state index is 0.0445. The van der Waals surface area contributed by atoms with Gasteiger partial charge in [0.25, 0.3) is 5.91 Å². The zero-order chi connectivity index (χ0) is 21.6. The number of anilines is 1. The van der Waals surface area contributed by atoms with E-state index in [0.717, 1.165) is 17.7 Å². The summed E-state index contributed by atoms with van der Waals surface area (Å²) >= 11 is 0. The van der Waals surface area contributed by atoms with Crippen molar-refractivity contribution in [2.24, 2.45) is 4.99 Å². The van der Waals surface area contributed by atoms with Gasteiger partial charge in [0.15, 0.2) is 23.1 Å². The molecule has 2 heterocycles. The Labute approximate surface area is 176 Å². The molecule has 4 rings (SSSR count). The van der Waals surface area contributed by atoms with Crippen molar-refractivity contribution < 1.29 is 23.0 Å². The summed E-state index contributed by atoms with van der Waals surface area (Å²) in [4.78, 5) is 21.0. The van der Waals surface area contributed by atoms with Crippen molar-refractivity contribution in [3.8, 4) is 11.5 Å². The number of nitrogens with zero attached hydrogens (tertiary/aromatic N) is 2. The topological polar surface area (TPSA) is 84.8 Å². The molecule has 0 bridgehead atoms. The van der Waals surface area contributed by atoms with Crippen LogP contribution in [-0.4, -0.2) is 30.1 Å². The standard InChI is InChI=1S/C22H18F2N4O3/c23-17-5-3-15(10-18(17)24)21(29)28-22(26-13-14-2-1-7-25-12-14)27-16-4-6-19-20(11-16)31-9-8-30-19/h1-7,10-12H,8-9,13H2,(H2,26,27,28,29). The molecule has 1 aromatic heterocycles. The third-order valence-electron chi connectivity index (χ3n) is 4.36. The monoisotopic (exact) mass is 424 g/mol. The first-order chi connectivity index (χ1) is 15.1. The molecule has 0 saturated heterocycles. The number of halogens is 2. The molecule has 7 nitrogen and oxygen atoms in total. The molecule has 1 aliphatic rings. The second-order valence-corrected chi connectivity index (χ2v) is 6.59. The minimum Gasteiger partial charge on any atom is -0.486 e. The van der Waals surface area contributed by atoms with E-state index in [0.29, 0.717) is 30.4 Å². The van der Waals surface area contributed by atoms with Gasteiger partial charge in [0.05, 0.1) is 6.54 Å². The van der Waals surface area contributed by atoms with Crippen molar-refractivity contribution in [2.45, 2.75) is 6.54 Å². The number of carbonyl (C=O) groups excluding carboxylic acids is 1. The molecule has 31 heavy (non-hydrogen) atoms. The van der Waals surface area contributed by atoms with Crippen molar-refractivity contribution in [1.82, 2.24) is 10.3 Å². The Morgan fingerprint density at radius 1 is 1.03 bits per heavy atom. The SMILES string of the molecule is O=C(NC(=NCc1cccnc1)Nc1ccc2c(c1)OCCO2)c1ccc(F)c(F)c1. The Morgan fingerprint density at radius 2 is 1.87 bits per heavy atom. The molecule has 2 aromatic carbocycles. The number of ether oxygens (including phenoxy) is 2. The molecule has 0 saturated carbocycles. The molecule has 9 heteroatoms. The highest BCUT2D eigenvalue weighted by Gasteiger charge is 2.15. The summed E-state index contributed by atoms with van der Waals surface area (Å²) in [5, 5.41) is 5.62. The van der Waals surface area contributed by atoms with Crippen LogP contribution in [0, 0.1) is 11.6 Å². The quantitative estimate of drug-likeness (QED) is 0.495. The molecule has 1 amide bonds. The van der Waals surface area contributed by atoms with Gasteiger partial charge in [0, 0.05) is 29.7 Å². The highest BCUT2D eigenvalue weighted by atomic mass is 19.2. The maximum atomic E-state index is 13.5. The van der Waals surface area contributed by atoms with E-state index in [1.165, 1.54) is 6.07 Å². The molecule has 0 aliphatic carbocycles. The van der Waals surface area contributed by atoms with Gasteiger partial charge in [-0.1, -0.05) is 6.07 Å². The molecule has 158 valence electrons. The van der Waals surface area contributed by atoms with Crippen LogP contribution in [-0.2, 0) is 6.54 Å². The number of pyridine rings is 1. The summed E-state index contributed by atoms with van der Waals surface area (Å²) in [6.45, 7) is 1.14. The lowest BCUT2D eigenvalue weighted by Gasteiger charge is -2.19. The molecule has 1 aliphatic heterocycles. The molecule has 0 fully saturated rings. The van der Waals surface area contributed by atoms with Crippen LogP contribution < -0.4 is 20.1 Å². The van der Waals surface area contributed by atoms with Gasteiger partial charge in [-0.15, -0.1) is 0 Å². The first-order valence-electron chi connectivity index (χ1n) is 9.45. The summed E-state index contributed by atoms with van der Waals surface area (Å²) in [6, 6.07) is 11.7. The molecule has 0 spiro atoms. The van der Waals surface area contributed by atoms with Gasteiger partial charge in [-0.3, -0.25) is 15.1 Å². The minimum atomic E-state index is -1.11. The molecule has 3 aromatic rings. The smallest absolute Gasteiger partial charge is 0.258 e. The van der Waals surface area contributed by atoms with Gasteiger partial charge < -0.3 is 14.8 Å². The Kier molecular flexibility index (Phi) is 6.02. The van der Waals surface area contributed by atoms with E-state index >= 15 is 0 Å². The number of aliphatic imine (C=N–C) groups is 1. The van der Waals surface area contributed by atoms with E-state index in [1.54, 1.807) is 36.7 Å². The van der Waals surface area contributed by atoms with Crippen molar-refractivity contribution in [2.75, 3.05) is 18.5 Å². The van der Waals surface area contributed by atoms with Crippen LogP contribution in [0.1, 0.15) is 15.9 Å². The number of fused-ring (bicyclic) bond motifs is 1. The van der Waals surface area contributed by atoms with Crippen molar-refractivity contribution in [3.05, 3.63) is 83.7 Å². The number of guanidine groups is 1. The first kappa shape index (κ1) is 20.3. The van der Waals surface area contributed by atoms with E-state index < -0.39 is 17.5 Å². The average molecular weight is 424 g/mol. The van der Waals surface area contributed by atoms with Gasteiger partial charge in [-0.25, -0.2) is 13.8 Å². The number of amides is 1. The van der Waals surface area contributed by atoms with Crippen LogP contribution in [0.4, 0.5) is 14.5 Å². The van der Waals surface area contributed by atoms with Gasteiger partial charge >= 0.3 is 0 Å². The lowest BCUT2D eigenvalue weighted by Crippen LogP contribution is -2.36. The maximum absolute atomic E-state index is 13.5. The molecule has 0 unspecified atom stereocenters. The van der Waals surface area contributed by atoms with E-state index in [4.69, 9.17) is 9.47 Å². The fraction of sp³-hybridized carbons (Fsp3) is 0.136. The van der Waals surface area contributed by atoms with Gasteiger partial charge in [0.1, 0.15) is 13.2 Å².